The van der Waals surface area contributed by atoms with Gasteiger partial charge in [-0.3, -0.25) is 0 Å². The lowest BCUT2D eigenvalue weighted by Crippen LogP contribution is -2.16. The molecule has 3 nitrogen and oxygen atoms in total. The molecule has 0 aliphatic heterocycles. The highest BCUT2D eigenvalue weighted by atomic mass is 79.9. The van der Waals surface area contributed by atoms with Crippen LogP contribution in [-0.4, -0.2) is 28.0 Å². The number of anilines is 1. The summed E-state index contributed by atoms with van der Waals surface area (Å²) in [5.41, 5.74) is 0. The van der Waals surface area contributed by atoms with Gasteiger partial charge in [-0.1, -0.05) is 0 Å². The fourth-order valence-corrected chi connectivity index (χ4v) is 1.93. The third-order valence-electron chi connectivity index (χ3n) is 1.78. The van der Waals surface area contributed by atoms with Gasteiger partial charge in [-0.15, -0.1) is 0 Å². The second-order valence-electron chi connectivity index (χ2n) is 3.05. The summed E-state index contributed by atoms with van der Waals surface area (Å²) in [6, 6.07) is 2.33. The quantitative estimate of drug-likeness (QED) is 0.839. The van der Waals surface area contributed by atoms with Crippen molar-refractivity contribution in [1.29, 1.82) is 0 Å². The number of rotatable bonds is 5. The fourth-order valence-electron chi connectivity index (χ4n) is 1.03. The van der Waals surface area contributed by atoms with Crippen molar-refractivity contribution >= 4 is 33.5 Å². The molecule has 0 radical (unpaired) electrons. The minimum atomic E-state index is 0.448. The van der Waals surface area contributed by atoms with E-state index in [4.69, 9.17) is 0 Å². The number of thioether (sulfide) groups is 1. The molecule has 5 heteroatoms. The van der Waals surface area contributed by atoms with E-state index < -0.39 is 0 Å². The van der Waals surface area contributed by atoms with E-state index >= 15 is 0 Å². The summed E-state index contributed by atoms with van der Waals surface area (Å²) in [7, 11) is 0. The lowest BCUT2D eigenvalue weighted by Gasteiger charge is -2.13. The summed E-state index contributed by atoms with van der Waals surface area (Å²) >= 11 is 5.17. The van der Waals surface area contributed by atoms with Gasteiger partial charge in [0.25, 0.3) is 0 Å². The summed E-state index contributed by atoms with van der Waals surface area (Å²) in [6.07, 6.45) is 4.81. The summed E-state index contributed by atoms with van der Waals surface area (Å²) < 4.78 is 0.812. The van der Waals surface area contributed by atoms with Gasteiger partial charge in [0.15, 0.2) is 0 Å². The van der Waals surface area contributed by atoms with Crippen LogP contribution >= 0.6 is 27.7 Å². The van der Waals surface area contributed by atoms with Gasteiger partial charge in [0, 0.05) is 12.1 Å². The number of hydrogen-bond acceptors (Lipinski definition) is 4. The number of aromatic nitrogens is 2. The van der Waals surface area contributed by atoms with Gasteiger partial charge >= 0.3 is 0 Å². The molecule has 1 unspecified atom stereocenters. The molecule has 0 aliphatic rings. The first kappa shape index (κ1) is 11.8. The number of nitrogens with zero attached hydrogens (tertiary/aromatic N) is 2. The molecule has 1 aromatic heterocycles. The molecule has 1 rings (SSSR count). The molecule has 1 heterocycles. The van der Waals surface area contributed by atoms with E-state index in [1.165, 1.54) is 5.75 Å². The van der Waals surface area contributed by atoms with E-state index in [-0.39, 0.29) is 0 Å². The summed E-state index contributed by atoms with van der Waals surface area (Å²) in [6.45, 7) is 2.16. The Labute approximate surface area is 97.2 Å². The van der Waals surface area contributed by atoms with Crippen molar-refractivity contribution in [2.24, 2.45) is 0 Å². The van der Waals surface area contributed by atoms with Crippen molar-refractivity contribution in [2.75, 3.05) is 17.3 Å². The van der Waals surface area contributed by atoms with E-state index in [2.05, 4.69) is 44.4 Å². The Balaban J connectivity index is 2.43. The average Bonchev–Trinajstić information content (AvgIpc) is 2.15. The van der Waals surface area contributed by atoms with Crippen LogP contribution in [0.2, 0.25) is 0 Å². The van der Waals surface area contributed by atoms with Gasteiger partial charge in [-0.2, -0.15) is 11.8 Å². The van der Waals surface area contributed by atoms with E-state index in [1.54, 1.807) is 6.33 Å². The summed E-state index contributed by atoms with van der Waals surface area (Å²) in [5.74, 6) is 2.04. The highest BCUT2D eigenvalue weighted by molar-refractivity contribution is 9.10. The minimum Gasteiger partial charge on any atom is -0.367 e. The molecule has 0 saturated carbocycles. The Morgan fingerprint density at radius 1 is 1.57 bits per heavy atom. The molecule has 1 N–H and O–H groups in total. The Bertz CT molecular complexity index is 283. The van der Waals surface area contributed by atoms with Crippen LogP contribution in [0.3, 0.4) is 0 Å². The van der Waals surface area contributed by atoms with Crippen LogP contribution in [0.25, 0.3) is 0 Å². The summed E-state index contributed by atoms with van der Waals surface area (Å²) in [4.78, 5) is 8.10. The third kappa shape index (κ3) is 4.28. The number of nitrogens with one attached hydrogen (secondary N) is 1. The predicted molar refractivity (Wildman–Crippen MR) is 65.8 cm³/mol. The molecular weight excluding hydrogens is 262 g/mol. The third-order valence-corrected chi connectivity index (χ3v) is 2.86. The van der Waals surface area contributed by atoms with Crippen molar-refractivity contribution in [2.45, 2.75) is 19.4 Å². The van der Waals surface area contributed by atoms with Crippen LogP contribution in [0.1, 0.15) is 13.3 Å². The van der Waals surface area contributed by atoms with Crippen molar-refractivity contribution < 1.29 is 0 Å². The molecule has 0 saturated heterocycles. The molecule has 0 bridgehead atoms. The van der Waals surface area contributed by atoms with E-state index in [0.29, 0.717) is 6.04 Å². The first-order chi connectivity index (χ1) is 6.72. The second-order valence-corrected chi connectivity index (χ2v) is 4.85. The van der Waals surface area contributed by atoms with Gasteiger partial charge in [-0.25, -0.2) is 9.97 Å². The number of hydrogen-bond donors (Lipinski definition) is 1. The maximum absolute atomic E-state index is 4.13. The van der Waals surface area contributed by atoms with Crippen molar-refractivity contribution in [3.63, 3.8) is 0 Å². The van der Waals surface area contributed by atoms with E-state index in [1.807, 2.05) is 17.8 Å². The molecule has 0 aromatic carbocycles. The van der Waals surface area contributed by atoms with Crippen LogP contribution in [0, 0.1) is 0 Å². The average molecular weight is 276 g/mol. The van der Waals surface area contributed by atoms with Crippen molar-refractivity contribution in [1.82, 2.24) is 9.97 Å². The van der Waals surface area contributed by atoms with Gasteiger partial charge in [0.2, 0.25) is 0 Å². The van der Waals surface area contributed by atoms with E-state index in [0.717, 1.165) is 16.8 Å². The Hall–Kier alpha value is -0.290. The maximum atomic E-state index is 4.13. The number of halogens is 1. The zero-order chi connectivity index (χ0) is 10.4. The van der Waals surface area contributed by atoms with Crippen LogP contribution in [-0.2, 0) is 0 Å². The van der Waals surface area contributed by atoms with Crippen molar-refractivity contribution in [3.05, 3.63) is 17.0 Å². The first-order valence-electron chi connectivity index (χ1n) is 4.45. The van der Waals surface area contributed by atoms with Crippen LogP contribution in [0.5, 0.6) is 0 Å². The topological polar surface area (TPSA) is 37.8 Å². The maximum Gasteiger partial charge on any atom is 0.130 e. The molecule has 0 amide bonds. The molecular formula is C9H14BrN3S. The smallest absolute Gasteiger partial charge is 0.130 e. The SMILES string of the molecule is CSCCC(C)Nc1cc(Br)ncn1. The van der Waals surface area contributed by atoms with Crippen LogP contribution in [0.15, 0.2) is 17.0 Å². The largest absolute Gasteiger partial charge is 0.367 e. The molecule has 0 fully saturated rings. The monoisotopic (exact) mass is 275 g/mol. The van der Waals surface area contributed by atoms with Crippen molar-refractivity contribution in [3.8, 4) is 0 Å². The Morgan fingerprint density at radius 2 is 2.36 bits per heavy atom. The molecule has 0 aliphatic carbocycles. The molecule has 14 heavy (non-hydrogen) atoms. The first-order valence-corrected chi connectivity index (χ1v) is 6.64. The normalized spacial score (nSPS) is 12.5. The Kier molecular flexibility index (Phi) is 5.25. The minimum absolute atomic E-state index is 0.448. The molecule has 0 spiro atoms. The zero-order valence-corrected chi connectivity index (χ0v) is 10.7. The highest BCUT2D eigenvalue weighted by Gasteiger charge is 2.02. The summed E-state index contributed by atoms with van der Waals surface area (Å²) in [5, 5.41) is 3.32. The molecule has 78 valence electrons. The van der Waals surface area contributed by atoms with Gasteiger partial charge in [0.05, 0.1) is 0 Å². The highest BCUT2D eigenvalue weighted by Crippen LogP contribution is 2.12. The predicted octanol–water partition coefficient (Wildman–Crippen LogP) is 2.79. The Morgan fingerprint density at radius 3 is 3.00 bits per heavy atom. The van der Waals surface area contributed by atoms with E-state index in [9.17, 15) is 0 Å². The van der Waals surface area contributed by atoms with Gasteiger partial charge < -0.3 is 5.32 Å². The van der Waals surface area contributed by atoms with Crippen LogP contribution < -0.4 is 5.32 Å². The standard InChI is InChI=1S/C9H14BrN3S/c1-7(3-4-14-2)13-9-5-8(10)11-6-12-9/h5-7H,3-4H2,1-2H3,(H,11,12,13). The lowest BCUT2D eigenvalue weighted by molar-refractivity contribution is 0.765. The lowest BCUT2D eigenvalue weighted by atomic mass is 10.2. The zero-order valence-electron chi connectivity index (χ0n) is 8.33. The second kappa shape index (κ2) is 6.24. The van der Waals surface area contributed by atoms with Gasteiger partial charge in [-0.05, 0) is 41.3 Å². The van der Waals surface area contributed by atoms with Crippen LogP contribution in [0.4, 0.5) is 5.82 Å². The van der Waals surface area contributed by atoms with Gasteiger partial charge in [0.1, 0.15) is 16.7 Å². The fraction of sp³-hybridized carbons (Fsp3) is 0.556. The molecule has 1 aromatic rings. The molecule has 1 atom stereocenters.